The molecule has 1 aliphatic carbocycles. The van der Waals surface area contributed by atoms with E-state index >= 15 is 0 Å². The average Bonchev–Trinajstić information content (AvgIpc) is 3.10. The number of carboxylic acid groups (broad SMARTS) is 1. The van der Waals surface area contributed by atoms with E-state index in [0.29, 0.717) is 23.6 Å². The van der Waals surface area contributed by atoms with E-state index in [2.05, 4.69) is 37.9 Å². The van der Waals surface area contributed by atoms with Gasteiger partial charge < -0.3 is 15.3 Å². The Bertz CT molecular complexity index is 969. The van der Waals surface area contributed by atoms with Crippen LogP contribution in [-0.4, -0.2) is 45.7 Å². The molecule has 0 saturated heterocycles. The summed E-state index contributed by atoms with van der Waals surface area (Å²) in [6.07, 6.45) is 7.29. The molecule has 0 bridgehead atoms. The van der Waals surface area contributed by atoms with E-state index in [0.717, 1.165) is 50.5 Å². The third-order valence-electron chi connectivity index (χ3n) is 7.93. The first kappa shape index (κ1) is 27.9. The molecule has 3 rings (SSSR count). The van der Waals surface area contributed by atoms with Crippen molar-refractivity contribution in [3.63, 3.8) is 0 Å². The number of carbonyl (C=O) groups excluding carboxylic acids is 2. The van der Waals surface area contributed by atoms with Crippen molar-refractivity contribution in [2.24, 2.45) is 16.3 Å². The highest BCUT2D eigenvalue weighted by Crippen LogP contribution is 2.49. The molecule has 36 heavy (non-hydrogen) atoms. The number of rotatable bonds is 10. The summed E-state index contributed by atoms with van der Waals surface area (Å²) in [6, 6.07) is 7.34. The van der Waals surface area contributed by atoms with Crippen LogP contribution in [0.4, 0.5) is 0 Å². The molecule has 2 amide bonds. The minimum atomic E-state index is -0.946. The topological polar surface area (TPSA) is 99.1 Å². The van der Waals surface area contributed by atoms with Crippen molar-refractivity contribution < 1.29 is 19.5 Å². The Hall–Kier alpha value is -2.70. The van der Waals surface area contributed by atoms with Gasteiger partial charge in [-0.2, -0.15) is 0 Å². The summed E-state index contributed by atoms with van der Waals surface area (Å²) >= 11 is 0. The second-order valence-corrected chi connectivity index (χ2v) is 11.4. The Morgan fingerprint density at radius 3 is 2.33 bits per heavy atom. The predicted octanol–water partition coefficient (Wildman–Crippen LogP) is 5.75. The predicted molar refractivity (Wildman–Crippen MR) is 142 cm³/mol. The molecule has 1 saturated carbocycles. The normalized spacial score (nSPS) is 23.0. The number of nitrogens with one attached hydrogen (secondary N) is 1. The van der Waals surface area contributed by atoms with Crippen molar-refractivity contribution in [3.05, 3.63) is 35.4 Å². The van der Waals surface area contributed by atoms with Gasteiger partial charge >= 0.3 is 5.97 Å². The third-order valence-corrected chi connectivity index (χ3v) is 7.93. The van der Waals surface area contributed by atoms with Crippen molar-refractivity contribution in [3.8, 4) is 0 Å². The quantitative estimate of drug-likeness (QED) is 0.430. The first-order valence-electron chi connectivity index (χ1n) is 13.5. The smallest absolute Gasteiger partial charge is 0.305 e. The minimum Gasteiger partial charge on any atom is -0.481 e. The number of aliphatic carboxylic acids is 1. The van der Waals surface area contributed by atoms with Gasteiger partial charge in [-0.1, -0.05) is 59.6 Å². The molecule has 198 valence electrons. The highest BCUT2D eigenvalue weighted by molar-refractivity contribution is 6.40. The van der Waals surface area contributed by atoms with E-state index in [9.17, 15) is 14.4 Å². The van der Waals surface area contributed by atoms with Gasteiger partial charge in [-0.25, -0.2) is 0 Å². The molecule has 1 aromatic rings. The summed E-state index contributed by atoms with van der Waals surface area (Å²) in [5, 5.41) is 11.4. The molecule has 7 heteroatoms. The zero-order valence-electron chi connectivity index (χ0n) is 22.6. The van der Waals surface area contributed by atoms with E-state index in [-0.39, 0.29) is 36.2 Å². The fraction of sp³-hybridized carbons (Fsp3) is 0.655. The van der Waals surface area contributed by atoms with Crippen LogP contribution in [0.2, 0.25) is 0 Å². The summed E-state index contributed by atoms with van der Waals surface area (Å²) in [4.78, 5) is 44.0. The zero-order chi connectivity index (χ0) is 26.5. The number of benzene rings is 1. The molecule has 0 aromatic heterocycles. The van der Waals surface area contributed by atoms with Crippen LogP contribution in [0.5, 0.6) is 0 Å². The molecule has 7 nitrogen and oxygen atoms in total. The van der Waals surface area contributed by atoms with Crippen molar-refractivity contribution in [2.45, 2.75) is 104 Å². The summed E-state index contributed by atoms with van der Waals surface area (Å²) in [5.74, 6) is -0.560. The highest BCUT2D eigenvalue weighted by atomic mass is 16.4. The molecule has 1 aromatic carbocycles. The van der Waals surface area contributed by atoms with Crippen LogP contribution in [0.25, 0.3) is 0 Å². The number of aliphatic imine (C=N–C) groups is 1. The standard InChI is InChI=1S/C29H43N3O4/c1-6-8-9-24(20-10-12-21(13-11-20)26(35)30-19-16-25(33)34)32-27(36)23(7-2)31-29(32)17-14-22(15-18-29)28(3,4)5/h10-13,22,24H,6-9,14-19H2,1-5H3,(H,30,35)(H,33,34)/t22?,24-,29?/m1/s1. The molecule has 1 spiro atoms. The SMILES string of the molecule is CCCC[C@H](c1ccc(C(=O)NCCC(=O)O)cc1)N1C(=O)C(CC)=NC12CCC(C(C)(C)C)CC2. The van der Waals surface area contributed by atoms with E-state index in [1.807, 2.05) is 19.1 Å². The lowest BCUT2D eigenvalue weighted by atomic mass is 9.69. The van der Waals surface area contributed by atoms with Crippen LogP contribution in [0.1, 0.15) is 114 Å². The second kappa shape index (κ2) is 11.6. The lowest BCUT2D eigenvalue weighted by Gasteiger charge is -2.47. The molecule has 1 aliphatic heterocycles. The molecule has 0 radical (unpaired) electrons. The van der Waals surface area contributed by atoms with Gasteiger partial charge in [-0.3, -0.25) is 19.4 Å². The van der Waals surface area contributed by atoms with E-state index in [1.54, 1.807) is 12.1 Å². The van der Waals surface area contributed by atoms with E-state index in [4.69, 9.17) is 10.1 Å². The zero-order valence-corrected chi connectivity index (χ0v) is 22.6. The van der Waals surface area contributed by atoms with Crippen molar-refractivity contribution in [1.82, 2.24) is 10.2 Å². The number of unbranched alkanes of at least 4 members (excludes halogenated alkanes) is 1. The maximum Gasteiger partial charge on any atom is 0.305 e. The van der Waals surface area contributed by atoms with Crippen LogP contribution < -0.4 is 5.32 Å². The van der Waals surface area contributed by atoms with Gasteiger partial charge in [0, 0.05) is 12.1 Å². The van der Waals surface area contributed by atoms with Crippen LogP contribution in [0.15, 0.2) is 29.3 Å². The van der Waals surface area contributed by atoms with Gasteiger partial charge in [0.05, 0.1) is 12.5 Å². The Balaban J connectivity index is 1.87. The van der Waals surface area contributed by atoms with Gasteiger partial charge in [0.15, 0.2) is 0 Å². The lowest BCUT2D eigenvalue weighted by Crippen LogP contribution is -2.51. The maximum absolute atomic E-state index is 13.7. The first-order chi connectivity index (χ1) is 17.0. The third kappa shape index (κ3) is 6.16. The van der Waals surface area contributed by atoms with Gasteiger partial charge in [0.1, 0.15) is 11.4 Å². The first-order valence-corrected chi connectivity index (χ1v) is 13.5. The summed E-state index contributed by atoms with van der Waals surface area (Å²) in [6.45, 7) is 11.2. The van der Waals surface area contributed by atoms with E-state index in [1.165, 1.54) is 0 Å². The molecular formula is C29H43N3O4. The number of carbonyl (C=O) groups is 3. The Labute approximate surface area is 215 Å². The number of amides is 2. The molecule has 0 unspecified atom stereocenters. The highest BCUT2D eigenvalue weighted by Gasteiger charge is 2.51. The Kier molecular flexibility index (Phi) is 8.96. The Morgan fingerprint density at radius 2 is 1.81 bits per heavy atom. The van der Waals surface area contributed by atoms with Gasteiger partial charge in [0.2, 0.25) is 0 Å². The number of hydrogen-bond donors (Lipinski definition) is 2. The fourth-order valence-corrected chi connectivity index (χ4v) is 5.73. The van der Waals surface area contributed by atoms with E-state index < -0.39 is 11.6 Å². The maximum atomic E-state index is 13.7. The largest absolute Gasteiger partial charge is 0.481 e. The van der Waals surface area contributed by atoms with Crippen LogP contribution in [0.3, 0.4) is 0 Å². The summed E-state index contributed by atoms with van der Waals surface area (Å²) in [5.41, 5.74) is 1.95. The number of nitrogens with zero attached hydrogens (tertiary/aromatic N) is 2. The molecule has 1 fully saturated rings. The Morgan fingerprint density at radius 1 is 1.17 bits per heavy atom. The van der Waals surface area contributed by atoms with Crippen molar-refractivity contribution in [1.29, 1.82) is 0 Å². The summed E-state index contributed by atoms with van der Waals surface area (Å²) < 4.78 is 0. The van der Waals surface area contributed by atoms with Crippen molar-refractivity contribution in [2.75, 3.05) is 6.54 Å². The van der Waals surface area contributed by atoms with Gasteiger partial charge in [-0.15, -0.1) is 0 Å². The van der Waals surface area contributed by atoms with Gasteiger partial charge in [0.25, 0.3) is 11.8 Å². The number of hydrogen-bond acceptors (Lipinski definition) is 4. The minimum absolute atomic E-state index is 0.0586. The average molecular weight is 498 g/mol. The molecular weight excluding hydrogens is 454 g/mol. The molecule has 2 N–H and O–H groups in total. The van der Waals surface area contributed by atoms with Crippen LogP contribution >= 0.6 is 0 Å². The fourth-order valence-electron chi connectivity index (χ4n) is 5.73. The van der Waals surface area contributed by atoms with Gasteiger partial charge in [-0.05, 0) is 67.6 Å². The lowest BCUT2D eigenvalue weighted by molar-refractivity contribution is -0.137. The second-order valence-electron chi connectivity index (χ2n) is 11.4. The van der Waals surface area contributed by atoms with Crippen LogP contribution in [-0.2, 0) is 9.59 Å². The van der Waals surface area contributed by atoms with Crippen LogP contribution in [0, 0.1) is 11.3 Å². The monoisotopic (exact) mass is 497 g/mol. The summed E-state index contributed by atoms with van der Waals surface area (Å²) in [7, 11) is 0. The van der Waals surface area contributed by atoms with Crippen molar-refractivity contribution >= 4 is 23.5 Å². The number of carboxylic acids is 1. The molecule has 1 atom stereocenters. The molecule has 1 heterocycles. The molecule has 2 aliphatic rings.